The van der Waals surface area contributed by atoms with Crippen LogP contribution in [0.15, 0.2) is 24.4 Å². The van der Waals surface area contributed by atoms with Gasteiger partial charge in [0.05, 0.1) is 12.5 Å². The second kappa shape index (κ2) is 10.1. The minimum atomic E-state index is -0.376. The number of aryl methyl sites for hydroxylation is 1. The zero-order chi connectivity index (χ0) is 22.5. The highest BCUT2D eigenvalue weighted by Gasteiger charge is 2.31. The van der Waals surface area contributed by atoms with E-state index in [2.05, 4.69) is 25.8 Å². The van der Waals surface area contributed by atoms with Crippen molar-refractivity contribution in [3.8, 4) is 0 Å². The van der Waals surface area contributed by atoms with E-state index in [0.717, 1.165) is 56.2 Å². The number of H-pyrrole nitrogens is 1. The number of anilines is 1. The van der Waals surface area contributed by atoms with Crippen LogP contribution in [0.25, 0.3) is 0 Å². The van der Waals surface area contributed by atoms with Crippen molar-refractivity contribution in [1.29, 1.82) is 0 Å². The fraction of sp³-hybridized carbons (Fsp3) is 0.565. The molecule has 2 atom stereocenters. The molecule has 0 spiro atoms. The molecule has 2 saturated carbocycles. The van der Waals surface area contributed by atoms with E-state index in [-0.39, 0.29) is 42.6 Å². The van der Waals surface area contributed by atoms with Gasteiger partial charge in [0.15, 0.2) is 5.82 Å². The van der Waals surface area contributed by atoms with Gasteiger partial charge in [0.2, 0.25) is 5.91 Å². The van der Waals surface area contributed by atoms with Crippen LogP contribution in [0, 0.1) is 6.92 Å². The Labute approximate surface area is 187 Å². The number of aliphatic hydroxyl groups is 1. The minimum Gasteiger partial charge on any atom is -0.446 e. The number of amides is 2. The first kappa shape index (κ1) is 22.3. The second-order valence-corrected chi connectivity index (χ2v) is 8.95. The van der Waals surface area contributed by atoms with Gasteiger partial charge in [-0.05, 0) is 63.5 Å². The molecule has 2 amide bonds. The summed E-state index contributed by atoms with van der Waals surface area (Å²) in [6, 6.07) is 5.70. The Morgan fingerprint density at radius 1 is 1.19 bits per heavy atom. The zero-order valence-corrected chi connectivity index (χ0v) is 18.3. The lowest BCUT2D eigenvalue weighted by atomic mass is 9.93. The molecule has 0 saturated heterocycles. The third-order valence-corrected chi connectivity index (χ3v) is 6.30. The summed E-state index contributed by atoms with van der Waals surface area (Å²) >= 11 is 0. The first-order chi connectivity index (χ1) is 15.4. The number of aliphatic hydroxyl groups excluding tert-OH is 1. The molecule has 32 heavy (non-hydrogen) atoms. The monoisotopic (exact) mass is 441 g/mol. The van der Waals surface area contributed by atoms with Crippen molar-refractivity contribution in [2.24, 2.45) is 0 Å². The molecular weight excluding hydrogens is 410 g/mol. The lowest BCUT2D eigenvalue weighted by Gasteiger charge is -2.26. The molecule has 4 rings (SSSR count). The van der Waals surface area contributed by atoms with E-state index in [1.54, 1.807) is 6.20 Å². The van der Waals surface area contributed by atoms with Crippen LogP contribution in [-0.4, -0.2) is 50.5 Å². The Balaban J connectivity index is 1.22. The number of hydrogen-bond acceptors (Lipinski definition) is 6. The minimum absolute atomic E-state index is 0.0805. The van der Waals surface area contributed by atoms with E-state index < -0.39 is 0 Å². The zero-order valence-electron chi connectivity index (χ0n) is 18.3. The number of alkyl carbamates (subject to hydrolysis) is 1. The van der Waals surface area contributed by atoms with Crippen LogP contribution in [0.2, 0.25) is 0 Å². The summed E-state index contributed by atoms with van der Waals surface area (Å²) in [5.74, 6) is 0.521. The van der Waals surface area contributed by atoms with Crippen LogP contribution >= 0.6 is 0 Å². The number of aromatic amines is 1. The highest BCUT2D eigenvalue weighted by molar-refractivity contribution is 5.91. The van der Waals surface area contributed by atoms with Gasteiger partial charge in [-0.25, -0.2) is 4.79 Å². The summed E-state index contributed by atoms with van der Waals surface area (Å²) in [4.78, 5) is 28.7. The van der Waals surface area contributed by atoms with Crippen molar-refractivity contribution in [3.05, 3.63) is 41.3 Å². The van der Waals surface area contributed by atoms with Crippen LogP contribution in [-0.2, 0) is 16.0 Å². The number of carbonyl (C=O) groups is 2. The van der Waals surface area contributed by atoms with Crippen LogP contribution in [0.4, 0.5) is 10.6 Å². The topological polar surface area (TPSA) is 129 Å². The smallest absolute Gasteiger partial charge is 0.407 e. The van der Waals surface area contributed by atoms with Gasteiger partial charge < -0.3 is 20.5 Å². The fourth-order valence-electron chi connectivity index (χ4n) is 4.47. The molecule has 4 N–H and O–H groups in total. The number of ether oxygens (including phenoxy) is 1. The third-order valence-electron chi connectivity index (χ3n) is 6.30. The summed E-state index contributed by atoms with van der Waals surface area (Å²) in [5, 5.41) is 22.5. The molecule has 0 aromatic carbocycles. The van der Waals surface area contributed by atoms with Crippen LogP contribution in [0.3, 0.4) is 0 Å². The molecule has 9 nitrogen and oxygen atoms in total. The standard InChI is InChI=1S/C23H31N5O4/c1-14-2-4-17(24-13-14)11-22(30)26-21-12-20(27-28-21)15-3-9-19(10-15)32-23(31)25-16-5-7-18(29)8-6-16/h2,4,12-13,15-16,18-19,29H,3,5-11H2,1H3,(H,25,31)(H2,26,27,28,30)/t15-,16?,18?,19+/m1/s1. The molecule has 2 heterocycles. The van der Waals surface area contributed by atoms with E-state index in [9.17, 15) is 14.7 Å². The molecule has 2 aromatic rings. The largest absolute Gasteiger partial charge is 0.446 e. The first-order valence-corrected chi connectivity index (χ1v) is 11.4. The van der Waals surface area contributed by atoms with Gasteiger partial charge in [-0.3, -0.25) is 14.9 Å². The number of nitrogens with one attached hydrogen (secondary N) is 3. The van der Waals surface area contributed by atoms with E-state index in [1.807, 2.05) is 25.1 Å². The maximum absolute atomic E-state index is 12.3. The van der Waals surface area contributed by atoms with Gasteiger partial charge in [0.25, 0.3) is 0 Å². The fourth-order valence-corrected chi connectivity index (χ4v) is 4.47. The Kier molecular flexibility index (Phi) is 7.04. The summed E-state index contributed by atoms with van der Waals surface area (Å²) in [7, 11) is 0. The number of pyridine rings is 1. The Hall–Kier alpha value is -2.94. The molecule has 2 aliphatic carbocycles. The van der Waals surface area contributed by atoms with Crippen molar-refractivity contribution in [3.63, 3.8) is 0 Å². The van der Waals surface area contributed by atoms with Crippen LogP contribution < -0.4 is 10.6 Å². The number of aromatic nitrogens is 3. The van der Waals surface area contributed by atoms with Gasteiger partial charge >= 0.3 is 6.09 Å². The number of rotatable bonds is 6. The van der Waals surface area contributed by atoms with Crippen molar-refractivity contribution in [1.82, 2.24) is 20.5 Å². The molecule has 2 aromatic heterocycles. The lowest BCUT2D eigenvalue weighted by molar-refractivity contribution is -0.115. The average molecular weight is 442 g/mol. The predicted octanol–water partition coefficient (Wildman–Crippen LogP) is 2.96. The summed E-state index contributed by atoms with van der Waals surface area (Å²) in [6.07, 6.45) is 6.58. The molecule has 0 radical (unpaired) electrons. The molecule has 172 valence electrons. The maximum Gasteiger partial charge on any atom is 0.407 e. The highest BCUT2D eigenvalue weighted by Crippen LogP contribution is 2.36. The van der Waals surface area contributed by atoms with Gasteiger partial charge in [-0.2, -0.15) is 5.10 Å². The van der Waals surface area contributed by atoms with Crippen molar-refractivity contribution in [2.75, 3.05) is 5.32 Å². The average Bonchev–Trinajstić information content (AvgIpc) is 3.41. The Morgan fingerprint density at radius 2 is 2.00 bits per heavy atom. The summed E-state index contributed by atoms with van der Waals surface area (Å²) in [5.41, 5.74) is 2.69. The number of carbonyl (C=O) groups excluding carboxylic acids is 2. The van der Waals surface area contributed by atoms with E-state index in [1.165, 1.54) is 0 Å². The summed E-state index contributed by atoms with van der Waals surface area (Å²) < 4.78 is 5.62. The van der Waals surface area contributed by atoms with Crippen LogP contribution in [0.5, 0.6) is 0 Å². The van der Waals surface area contributed by atoms with Crippen LogP contribution in [0.1, 0.15) is 67.8 Å². The summed E-state index contributed by atoms with van der Waals surface area (Å²) in [6.45, 7) is 1.95. The first-order valence-electron chi connectivity index (χ1n) is 11.4. The normalized spacial score (nSPS) is 25.3. The molecule has 2 aliphatic rings. The van der Waals surface area contributed by atoms with E-state index in [0.29, 0.717) is 11.5 Å². The molecule has 2 fully saturated rings. The quantitative estimate of drug-likeness (QED) is 0.545. The number of hydrogen-bond donors (Lipinski definition) is 4. The Bertz CT molecular complexity index is 921. The van der Waals surface area contributed by atoms with E-state index >= 15 is 0 Å². The molecule has 0 bridgehead atoms. The number of nitrogens with zero attached hydrogens (tertiary/aromatic N) is 2. The molecule has 0 aliphatic heterocycles. The van der Waals surface area contributed by atoms with Gasteiger partial charge in [0, 0.05) is 35.6 Å². The second-order valence-electron chi connectivity index (χ2n) is 8.95. The van der Waals surface area contributed by atoms with E-state index in [4.69, 9.17) is 4.74 Å². The van der Waals surface area contributed by atoms with Gasteiger partial charge in [-0.15, -0.1) is 0 Å². The van der Waals surface area contributed by atoms with Gasteiger partial charge in [0.1, 0.15) is 6.10 Å². The van der Waals surface area contributed by atoms with Crippen molar-refractivity contribution in [2.45, 2.75) is 82.5 Å². The third kappa shape index (κ3) is 6.06. The van der Waals surface area contributed by atoms with Crippen molar-refractivity contribution >= 4 is 17.8 Å². The van der Waals surface area contributed by atoms with Crippen molar-refractivity contribution < 1.29 is 19.4 Å². The SMILES string of the molecule is Cc1ccc(CC(=O)Nc2cc([C@@H]3CC[C@H](OC(=O)NC4CCC(O)CC4)C3)[nH]n2)nc1. The highest BCUT2D eigenvalue weighted by atomic mass is 16.6. The Morgan fingerprint density at radius 3 is 2.75 bits per heavy atom. The predicted molar refractivity (Wildman–Crippen MR) is 118 cm³/mol. The molecule has 9 heteroatoms. The maximum atomic E-state index is 12.3. The van der Waals surface area contributed by atoms with Gasteiger partial charge in [-0.1, -0.05) is 6.07 Å². The molecule has 0 unspecified atom stereocenters. The lowest BCUT2D eigenvalue weighted by Crippen LogP contribution is -2.40. The molecular formula is C23H31N5O4.